The molecule has 2 aromatic carbocycles. The molecule has 2 atom stereocenters. The average molecular weight is 743 g/mol. The predicted octanol–water partition coefficient (Wildman–Crippen LogP) is 9.30. The van der Waals surface area contributed by atoms with E-state index in [2.05, 4.69) is 0 Å². The highest BCUT2D eigenvalue weighted by Crippen LogP contribution is 2.63. The van der Waals surface area contributed by atoms with E-state index in [-0.39, 0.29) is 28.6 Å². The van der Waals surface area contributed by atoms with Crippen molar-refractivity contribution in [1.29, 1.82) is 0 Å². The summed E-state index contributed by atoms with van der Waals surface area (Å²) < 4.78 is 75.3. The first kappa shape index (κ1) is 41.5. The number of carbonyl (C=O) groups excluding carboxylic acids is 3. The Morgan fingerprint density at radius 1 is 0.812 bits per heavy atom. The Morgan fingerprint density at radius 2 is 1.29 bits per heavy atom. The van der Waals surface area contributed by atoms with Crippen molar-refractivity contribution >= 4 is 48.6 Å². The van der Waals surface area contributed by atoms with Crippen LogP contribution in [0.2, 0.25) is 10.0 Å². The van der Waals surface area contributed by atoms with Crippen molar-refractivity contribution in [2.75, 3.05) is 20.1 Å². The van der Waals surface area contributed by atoms with Crippen LogP contribution in [0.15, 0.2) is 42.5 Å². The number of hydrogen-bond donors (Lipinski definition) is 0. The maximum Gasteiger partial charge on any atom is 0.416 e. The molecule has 0 N–H and O–H groups in total. The summed E-state index contributed by atoms with van der Waals surface area (Å²) in [5, 5.41) is 1.24. The number of halogens is 5. The fourth-order valence-electron chi connectivity index (χ4n) is 3.90. The van der Waals surface area contributed by atoms with Crippen molar-refractivity contribution in [3.8, 4) is 0 Å². The van der Waals surface area contributed by atoms with Gasteiger partial charge in [0.2, 0.25) is 19.5 Å². The van der Waals surface area contributed by atoms with E-state index in [0.29, 0.717) is 5.56 Å². The van der Waals surface area contributed by atoms with Crippen LogP contribution < -0.4 is 0 Å². The number of ether oxygens (including phenoxy) is 2. The van der Waals surface area contributed by atoms with Crippen LogP contribution in [0, 0.1) is 10.8 Å². The monoisotopic (exact) mass is 741 g/mol. The lowest BCUT2D eigenvalue weighted by Gasteiger charge is -2.30. The maximum atomic E-state index is 14.6. The first-order chi connectivity index (χ1) is 22.0. The van der Waals surface area contributed by atoms with Crippen LogP contribution in [0.5, 0.6) is 0 Å². The van der Waals surface area contributed by atoms with E-state index in [4.69, 9.17) is 46.6 Å². The molecule has 16 heteroatoms. The van der Waals surface area contributed by atoms with Crippen LogP contribution in [-0.2, 0) is 48.5 Å². The number of amides is 1. The Balaban J connectivity index is 2.43. The van der Waals surface area contributed by atoms with E-state index in [0.717, 1.165) is 17.2 Å². The van der Waals surface area contributed by atoms with Crippen molar-refractivity contribution in [2.24, 2.45) is 10.8 Å². The molecule has 2 unspecified atom stereocenters. The highest BCUT2D eigenvalue weighted by molar-refractivity contribution is 7.54. The molecule has 0 aromatic heterocycles. The summed E-state index contributed by atoms with van der Waals surface area (Å²) >= 11 is 12.4. The summed E-state index contributed by atoms with van der Waals surface area (Å²) in [5.41, 5.74) is -3.25. The molecule has 0 heterocycles. The van der Waals surface area contributed by atoms with Crippen molar-refractivity contribution in [2.45, 2.75) is 79.7 Å². The molecule has 2 rings (SSSR count). The largest absolute Gasteiger partial charge is 0.438 e. The van der Waals surface area contributed by atoms with Gasteiger partial charge in [-0.05, 0) is 90.3 Å². The van der Waals surface area contributed by atoms with E-state index in [9.17, 15) is 32.1 Å². The molecule has 0 spiro atoms. The number of rotatable bonds is 14. The lowest BCUT2D eigenvalue weighted by molar-refractivity contribution is -0.203. The molecule has 268 valence electrons. The first-order valence-electron chi connectivity index (χ1n) is 14.8. The highest BCUT2D eigenvalue weighted by Gasteiger charge is 2.40. The lowest BCUT2D eigenvalue weighted by atomic mass is 9.98. The molecule has 10 nitrogen and oxygen atoms in total. The Hall–Kier alpha value is -2.67. The standard InChI is InChI=1S/C32H41Cl2F3NO9P/c1-20(22-9-12-24(13-10-22)32(35,36)37)47-38(21(2)39)16-15-27(23-11-14-25(33)26(34)17-23)48(42,45-18-43-28(40)30(3,4)5)46-19-44-29(41)31(6,7)8/h9-14,17,20,27H,15-16,18-19H2,1-8H3. The molecular weight excluding hydrogens is 701 g/mol. The van der Waals surface area contributed by atoms with Crippen LogP contribution in [0.4, 0.5) is 13.2 Å². The number of benzene rings is 2. The van der Waals surface area contributed by atoms with Gasteiger partial charge < -0.3 is 9.47 Å². The van der Waals surface area contributed by atoms with Gasteiger partial charge >= 0.3 is 25.7 Å². The normalized spacial score (nSPS) is 13.9. The van der Waals surface area contributed by atoms with Gasteiger partial charge in [-0.3, -0.25) is 32.8 Å². The molecule has 0 aliphatic heterocycles. The first-order valence-corrected chi connectivity index (χ1v) is 17.1. The molecule has 0 aliphatic carbocycles. The zero-order valence-corrected chi connectivity index (χ0v) is 30.4. The highest BCUT2D eigenvalue weighted by atomic mass is 35.5. The van der Waals surface area contributed by atoms with Crippen molar-refractivity contribution in [1.82, 2.24) is 5.06 Å². The van der Waals surface area contributed by atoms with Crippen LogP contribution in [0.1, 0.15) is 90.3 Å². The number of hydroxylamine groups is 2. The van der Waals surface area contributed by atoms with Crippen LogP contribution in [0.3, 0.4) is 0 Å². The smallest absolute Gasteiger partial charge is 0.416 e. The molecule has 1 amide bonds. The lowest BCUT2D eigenvalue weighted by Crippen LogP contribution is -2.32. The SMILES string of the molecule is CC(=O)N(CCC(c1ccc(Cl)c(Cl)c1)P(=O)(OCOC(=O)C(C)(C)C)OCOC(=O)C(C)(C)C)OC(C)c1ccc(C(F)(F)F)cc1. The van der Waals surface area contributed by atoms with Gasteiger partial charge in [0.15, 0.2) is 0 Å². The zero-order chi connectivity index (χ0) is 36.7. The molecule has 0 radical (unpaired) electrons. The van der Waals surface area contributed by atoms with E-state index in [1.807, 2.05) is 0 Å². The summed E-state index contributed by atoms with van der Waals surface area (Å²) in [5.74, 6) is -1.89. The van der Waals surface area contributed by atoms with Gasteiger partial charge in [-0.1, -0.05) is 41.4 Å². The van der Waals surface area contributed by atoms with E-state index in [1.54, 1.807) is 48.5 Å². The van der Waals surface area contributed by atoms with Crippen molar-refractivity contribution in [3.63, 3.8) is 0 Å². The minimum atomic E-state index is -4.53. The Labute approximate surface area is 288 Å². The number of esters is 2. The van der Waals surface area contributed by atoms with Gasteiger partial charge in [0.05, 0.1) is 32.1 Å². The van der Waals surface area contributed by atoms with Gasteiger partial charge in [-0.25, -0.2) is 5.06 Å². The summed E-state index contributed by atoms with van der Waals surface area (Å²) in [6.45, 7) is 10.6. The number of carbonyl (C=O) groups is 3. The summed E-state index contributed by atoms with van der Waals surface area (Å²) in [6.07, 6.45) is -5.57. The van der Waals surface area contributed by atoms with E-state index < -0.39 is 73.4 Å². The number of alkyl halides is 3. The van der Waals surface area contributed by atoms with E-state index >= 15 is 0 Å². The van der Waals surface area contributed by atoms with Crippen molar-refractivity contribution < 1.29 is 55.5 Å². The Bertz CT molecular complexity index is 1440. The molecule has 0 aliphatic rings. The van der Waals surface area contributed by atoms with Gasteiger partial charge in [-0.15, -0.1) is 0 Å². The Morgan fingerprint density at radius 3 is 1.71 bits per heavy atom. The van der Waals surface area contributed by atoms with Gasteiger partial charge in [0.25, 0.3) is 0 Å². The molecule has 0 saturated carbocycles. The second-order valence-corrected chi connectivity index (χ2v) is 15.9. The summed E-state index contributed by atoms with van der Waals surface area (Å²) in [6, 6.07) is 8.64. The fraction of sp³-hybridized carbons (Fsp3) is 0.531. The minimum Gasteiger partial charge on any atom is -0.438 e. The molecule has 0 saturated heterocycles. The molecule has 48 heavy (non-hydrogen) atoms. The second-order valence-electron chi connectivity index (χ2n) is 12.9. The van der Waals surface area contributed by atoms with E-state index in [1.165, 1.54) is 37.3 Å². The van der Waals surface area contributed by atoms with Crippen LogP contribution in [-0.4, -0.2) is 43.0 Å². The molecule has 0 bridgehead atoms. The average Bonchev–Trinajstić information content (AvgIpc) is 2.96. The third-order valence-corrected chi connectivity index (χ3v) is 9.72. The zero-order valence-electron chi connectivity index (χ0n) is 28.0. The molecule has 0 fully saturated rings. The minimum absolute atomic E-state index is 0.0969. The topological polar surface area (TPSA) is 118 Å². The Kier molecular flexibility index (Phi) is 14.5. The van der Waals surface area contributed by atoms with Gasteiger partial charge in [-0.2, -0.15) is 13.2 Å². The molecular formula is C32H41Cl2F3NO9P. The van der Waals surface area contributed by atoms with Crippen LogP contribution in [0.25, 0.3) is 0 Å². The maximum absolute atomic E-state index is 14.6. The van der Waals surface area contributed by atoms with Crippen molar-refractivity contribution in [3.05, 3.63) is 69.2 Å². The third kappa shape index (κ3) is 12.3. The number of hydrogen-bond acceptors (Lipinski definition) is 9. The number of nitrogens with zero attached hydrogens (tertiary/aromatic N) is 1. The van der Waals surface area contributed by atoms with Gasteiger partial charge in [0.1, 0.15) is 6.10 Å². The summed E-state index contributed by atoms with van der Waals surface area (Å²) in [7, 11) is -4.46. The molecule has 2 aromatic rings. The predicted molar refractivity (Wildman–Crippen MR) is 173 cm³/mol. The quantitative estimate of drug-likeness (QED) is 0.0808. The van der Waals surface area contributed by atoms with Crippen LogP contribution >= 0.6 is 30.8 Å². The third-order valence-electron chi connectivity index (χ3n) is 6.73. The fourth-order valence-corrected chi connectivity index (χ4v) is 6.00. The van der Waals surface area contributed by atoms with Gasteiger partial charge in [0, 0.05) is 13.5 Å². The summed E-state index contributed by atoms with van der Waals surface area (Å²) in [4.78, 5) is 43.3. The second kappa shape index (κ2) is 16.8.